The summed E-state index contributed by atoms with van der Waals surface area (Å²) in [5, 5.41) is 4.66. The molecule has 0 saturated heterocycles. The van der Waals surface area contributed by atoms with Crippen LogP contribution in [0.15, 0.2) is 156 Å². The van der Waals surface area contributed by atoms with Gasteiger partial charge in [0.2, 0.25) is 0 Å². The molecule has 1 spiro atoms. The van der Waals surface area contributed by atoms with E-state index >= 15 is 0 Å². The molecular weight excluding hydrogens is 787 g/mol. The Morgan fingerprint density at radius 1 is 0.400 bits per heavy atom. The Labute approximate surface area is 386 Å². The molecular formula is C63H61NO. The Morgan fingerprint density at radius 3 is 1.55 bits per heavy atom. The maximum Gasteiger partial charge on any atom is 0.160 e. The molecule has 0 aliphatic heterocycles. The molecule has 1 aromatic heterocycles. The fraction of sp³-hybridized carbons (Fsp3) is 0.270. The van der Waals surface area contributed by atoms with E-state index in [-0.39, 0.29) is 21.7 Å². The highest BCUT2D eigenvalue weighted by Crippen LogP contribution is 2.65. The second kappa shape index (κ2) is 13.8. The van der Waals surface area contributed by atoms with Crippen LogP contribution in [-0.2, 0) is 27.1 Å². The first-order valence-corrected chi connectivity index (χ1v) is 23.6. The van der Waals surface area contributed by atoms with Crippen molar-refractivity contribution in [3.05, 3.63) is 196 Å². The van der Waals surface area contributed by atoms with Gasteiger partial charge in [0.1, 0.15) is 5.58 Å². The minimum absolute atomic E-state index is 0.0297. The third kappa shape index (κ3) is 6.12. The van der Waals surface area contributed by atoms with Gasteiger partial charge in [-0.15, -0.1) is 0 Å². The van der Waals surface area contributed by atoms with Gasteiger partial charge >= 0.3 is 0 Å². The number of furan rings is 1. The van der Waals surface area contributed by atoms with Crippen LogP contribution in [0.25, 0.3) is 55.0 Å². The van der Waals surface area contributed by atoms with Gasteiger partial charge in [0.05, 0.1) is 16.8 Å². The summed E-state index contributed by atoms with van der Waals surface area (Å²) in [5.74, 6) is 0. The topological polar surface area (TPSA) is 16.4 Å². The molecule has 0 radical (unpaired) electrons. The first-order valence-electron chi connectivity index (χ1n) is 23.6. The molecule has 0 amide bonds. The van der Waals surface area contributed by atoms with Gasteiger partial charge in [0, 0.05) is 22.0 Å². The van der Waals surface area contributed by atoms with Crippen LogP contribution < -0.4 is 4.90 Å². The highest BCUT2D eigenvalue weighted by atomic mass is 16.3. The third-order valence-corrected chi connectivity index (χ3v) is 14.7. The standard InChI is InChI=1S/C63H61NO/c1-59(2,3)39-28-30-45-46-31-29-40(60(4,5)6)37-52(46)63(51(45)36-39)49-24-17-15-22-47(49)57-50(63)25-19-26-53(57)64(43-34-41(61(7,8)9)33-42(35-43)62(10,11)12)54-32-38-20-13-14-21-44(38)56-48-23-16-18-27-55(48)65-58(54)56/h13-37H,1-12H3. The first kappa shape index (κ1) is 41.3. The van der Waals surface area contributed by atoms with E-state index in [4.69, 9.17) is 4.42 Å². The summed E-state index contributed by atoms with van der Waals surface area (Å²) >= 11 is 0. The molecule has 0 atom stereocenters. The molecule has 2 aliphatic rings. The van der Waals surface area contributed by atoms with E-state index in [9.17, 15) is 0 Å². The number of anilines is 3. The SMILES string of the molecule is CC(C)(C)c1cc(N(c2cccc3c2-c2ccccc2C32c3cc(C(C)(C)C)ccc3-c3ccc(C(C)(C)C)cc32)c2cc3ccccc3c3c2oc2ccccc23)cc(C(C)(C)C)c1. The molecule has 0 bridgehead atoms. The lowest BCUT2D eigenvalue weighted by molar-refractivity contribution is 0.568. The molecule has 2 aliphatic carbocycles. The minimum Gasteiger partial charge on any atom is -0.454 e. The number of hydrogen-bond donors (Lipinski definition) is 0. The zero-order valence-electron chi connectivity index (χ0n) is 40.3. The van der Waals surface area contributed by atoms with Crippen LogP contribution in [-0.4, -0.2) is 0 Å². The quantitative estimate of drug-likeness (QED) is 0.176. The van der Waals surface area contributed by atoms with E-state index in [2.05, 4.69) is 240 Å². The average molecular weight is 848 g/mol. The first-order chi connectivity index (χ1) is 30.8. The second-order valence-corrected chi connectivity index (χ2v) is 23.0. The Balaban J connectivity index is 1.31. The van der Waals surface area contributed by atoms with Gasteiger partial charge in [-0.3, -0.25) is 0 Å². The normalized spacial score (nSPS) is 14.3. The van der Waals surface area contributed by atoms with Crippen LogP contribution in [0.2, 0.25) is 0 Å². The van der Waals surface area contributed by atoms with Gasteiger partial charge < -0.3 is 9.32 Å². The summed E-state index contributed by atoms with van der Waals surface area (Å²) < 4.78 is 7.13. The zero-order chi connectivity index (χ0) is 45.6. The van der Waals surface area contributed by atoms with E-state index in [1.165, 1.54) is 77.5 Å². The molecule has 0 N–H and O–H groups in total. The van der Waals surface area contributed by atoms with Crippen molar-refractivity contribution in [3.63, 3.8) is 0 Å². The van der Waals surface area contributed by atoms with Gasteiger partial charge in [0.15, 0.2) is 5.58 Å². The van der Waals surface area contributed by atoms with Crippen molar-refractivity contribution in [1.82, 2.24) is 0 Å². The smallest absolute Gasteiger partial charge is 0.160 e. The highest BCUT2D eigenvalue weighted by molar-refractivity contribution is 6.23. The number of benzene rings is 8. The van der Waals surface area contributed by atoms with Crippen molar-refractivity contribution in [2.45, 2.75) is 110 Å². The summed E-state index contributed by atoms with van der Waals surface area (Å²) in [7, 11) is 0. The highest BCUT2D eigenvalue weighted by Gasteiger charge is 2.53. The van der Waals surface area contributed by atoms with Crippen LogP contribution in [0.4, 0.5) is 17.1 Å². The molecule has 2 heteroatoms. The van der Waals surface area contributed by atoms with Crippen molar-refractivity contribution in [2.24, 2.45) is 0 Å². The molecule has 8 aromatic carbocycles. The van der Waals surface area contributed by atoms with E-state index in [0.29, 0.717) is 0 Å². The summed E-state index contributed by atoms with van der Waals surface area (Å²) in [6.45, 7) is 28.1. The van der Waals surface area contributed by atoms with E-state index in [1.807, 2.05) is 0 Å². The fourth-order valence-electron chi connectivity index (χ4n) is 11.1. The molecule has 0 saturated carbocycles. The van der Waals surface area contributed by atoms with Crippen LogP contribution in [0.3, 0.4) is 0 Å². The molecule has 0 unspecified atom stereocenters. The Kier molecular flexibility index (Phi) is 8.79. The lowest BCUT2D eigenvalue weighted by atomic mass is 9.69. The van der Waals surface area contributed by atoms with Crippen molar-refractivity contribution in [2.75, 3.05) is 4.90 Å². The third-order valence-electron chi connectivity index (χ3n) is 14.7. The number of hydrogen-bond acceptors (Lipinski definition) is 2. The molecule has 0 fully saturated rings. The maximum absolute atomic E-state index is 7.13. The van der Waals surface area contributed by atoms with Gasteiger partial charge in [0.25, 0.3) is 0 Å². The summed E-state index contributed by atoms with van der Waals surface area (Å²) in [6.07, 6.45) is 0. The zero-order valence-corrected chi connectivity index (χ0v) is 40.3. The number of para-hydroxylation sites is 1. The largest absolute Gasteiger partial charge is 0.454 e. The predicted octanol–water partition coefficient (Wildman–Crippen LogP) is 17.7. The van der Waals surface area contributed by atoms with E-state index in [1.54, 1.807) is 0 Å². The van der Waals surface area contributed by atoms with Gasteiger partial charge in [-0.05, 0) is 124 Å². The van der Waals surface area contributed by atoms with Crippen molar-refractivity contribution >= 4 is 49.8 Å². The Bertz CT molecular complexity index is 3320. The summed E-state index contributed by atoms with van der Waals surface area (Å²) in [5.41, 5.74) is 20.2. The molecule has 65 heavy (non-hydrogen) atoms. The number of rotatable bonds is 3. The molecule has 11 rings (SSSR count). The monoisotopic (exact) mass is 847 g/mol. The minimum atomic E-state index is -0.539. The van der Waals surface area contributed by atoms with Crippen LogP contribution in [0.5, 0.6) is 0 Å². The van der Waals surface area contributed by atoms with Crippen molar-refractivity contribution in [1.29, 1.82) is 0 Å². The fourth-order valence-corrected chi connectivity index (χ4v) is 11.1. The van der Waals surface area contributed by atoms with E-state index < -0.39 is 5.41 Å². The van der Waals surface area contributed by atoms with Gasteiger partial charge in [-0.1, -0.05) is 204 Å². The lowest BCUT2D eigenvalue weighted by Crippen LogP contribution is -2.27. The molecule has 324 valence electrons. The van der Waals surface area contributed by atoms with Crippen molar-refractivity contribution in [3.8, 4) is 22.3 Å². The number of fused-ring (bicyclic) bond motifs is 15. The Hall–Kier alpha value is -6.38. The Morgan fingerprint density at radius 2 is 0.938 bits per heavy atom. The number of nitrogens with zero attached hydrogens (tertiary/aromatic N) is 1. The summed E-state index contributed by atoms with van der Waals surface area (Å²) in [6, 6.07) is 58.1. The van der Waals surface area contributed by atoms with Gasteiger partial charge in [-0.25, -0.2) is 0 Å². The molecule has 9 aromatic rings. The lowest BCUT2D eigenvalue weighted by Gasteiger charge is -2.34. The van der Waals surface area contributed by atoms with Crippen LogP contribution >= 0.6 is 0 Å². The van der Waals surface area contributed by atoms with Gasteiger partial charge in [-0.2, -0.15) is 0 Å². The molecule has 1 heterocycles. The average Bonchev–Trinajstić information content (AvgIpc) is 3.90. The molecule has 2 nitrogen and oxygen atoms in total. The predicted molar refractivity (Wildman–Crippen MR) is 277 cm³/mol. The van der Waals surface area contributed by atoms with Crippen molar-refractivity contribution < 1.29 is 4.42 Å². The van der Waals surface area contributed by atoms with Crippen LogP contribution in [0, 0.1) is 0 Å². The summed E-state index contributed by atoms with van der Waals surface area (Å²) in [4.78, 5) is 2.56. The second-order valence-electron chi connectivity index (χ2n) is 23.0. The maximum atomic E-state index is 7.13. The van der Waals surface area contributed by atoms with E-state index in [0.717, 1.165) is 39.0 Å². The van der Waals surface area contributed by atoms with Crippen LogP contribution in [0.1, 0.15) is 128 Å².